The number of nitrogens with one attached hydrogen (secondary N) is 3. The average Bonchev–Trinajstić information content (AvgIpc) is 3.90. The number of cyclic esters (lactones) is 1. The number of pyridine rings is 1. The van der Waals surface area contributed by atoms with Crippen molar-refractivity contribution in [2.24, 2.45) is 11.3 Å². The second kappa shape index (κ2) is 17.9. The van der Waals surface area contributed by atoms with Crippen molar-refractivity contribution in [3.8, 4) is 22.5 Å². The summed E-state index contributed by atoms with van der Waals surface area (Å²) >= 11 is 1.47. The highest BCUT2D eigenvalue weighted by Gasteiger charge is 2.49. The highest BCUT2D eigenvalue weighted by Crippen LogP contribution is 2.42. The summed E-state index contributed by atoms with van der Waals surface area (Å²) in [5, 5.41) is 11.7. The molecule has 16 heteroatoms. The summed E-state index contributed by atoms with van der Waals surface area (Å²) in [6.45, 7) is 15.7. The Morgan fingerprint density at radius 1 is 1.09 bits per heavy atom. The molecule has 5 aliphatic heterocycles. The van der Waals surface area contributed by atoms with Crippen molar-refractivity contribution in [3.05, 3.63) is 58.2 Å². The van der Waals surface area contributed by atoms with E-state index in [9.17, 15) is 19.2 Å². The first-order chi connectivity index (χ1) is 30.7. The summed E-state index contributed by atoms with van der Waals surface area (Å²) < 4.78 is 14.3. The highest BCUT2D eigenvalue weighted by atomic mass is 32.1. The van der Waals surface area contributed by atoms with Gasteiger partial charge in [0.05, 0.1) is 46.9 Å². The van der Waals surface area contributed by atoms with Crippen molar-refractivity contribution in [2.75, 3.05) is 39.9 Å². The van der Waals surface area contributed by atoms with Crippen LogP contribution in [0.4, 0.5) is 0 Å². The number of aryl methyl sites for hydroxylation is 1. The standard InChI is InChI=1S/C48H63N9O6S/c1-8-55-39-16-13-29-19-33(39)34(43(55)32-11-9-17-49-41(32)28(4)62-7)21-48(5,6)26-63-47(61)35-12-10-18-56(53-35)46(60)36(20-40-51-38(29)25-64-40)52-44(58)42(27(2)3)57-30-14-15-31(57)24-54(23-30)45(59)37-22-50-37/h9,11,13,16-17,19,25,27-28,30-31,35-37,42,50,53H,8,10,12,14-15,18,20-24,26H2,1-7H3,(H,52,58)/t28-,30?,31?,35-,36-,37-,42-/m0/s1. The number of fused-ring (bicyclic) bond motifs is 8. The maximum atomic E-state index is 14.7. The lowest BCUT2D eigenvalue weighted by Gasteiger charge is -2.46. The number of thiazole rings is 1. The third kappa shape index (κ3) is 8.59. The van der Waals surface area contributed by atoms with E-state index in [1.807, 2.05) is 37.1 Å². The van der Waals surface area contributed by atoms with Gasteiger partial charge in [-0.05, 0) is 81.7 Å². The number of carbonyl (C=O) groups is 4. The third-order valence-electron chi connectivity index (χ3n) is 13.9. The molecular weight excluding hydrogens is 831 g/mol. The predicted octanol–water partition coefficient (Wildman–Crippen LogP) is 4.87. The van der Waals surface area contributed by atoms with Gasteiger partial charge in [-0.15, -0.1) is 11.3 Å². The Morgan fingerprint density at radius 2 is 1.86 bits per heavy atom. The van der Waals surface area contributed by atoms with E-state index in [2.05, 4.69) is 70.6 Å². The second-order valence-electron chi connectivity index (χ2n) is 19.5. The molecule has 1 aromatic carbocycles. The minimum absolute atomic E-state index is 0.0521. The first-order valence-electron chi connectivity index (χ1n) is 23.2. The monoisotopic (exact) mass is 893 g/mol. The molecule has 64 heavy (non-hydrogen) atoms. The zero-order chi connectivity index (χ0) is 45.0. The van der Waals surface area contributed by atoms with Crippen molar-refractivity contribution in [3.63, 3.8) is 0 Å². The number of hydrazine groups is 1. The minimum atomic E-state index is -0.951. The van der Waals surface area contributed by atoms with E-state index in [1.165, 1.54) is 16.3 Å². The largest absolute Gasteiger partial charge is 0.464 e. The molecule has 4 fully saturated rings. The van der Waals surface area contributed by atoms with Gasteiger partial charge in [-0.25, -0.2) is 10.4 Å². The lowest BCUT2D eigenvalue weighted by molar-refractivity contribution is -0.155. The van der Waals surface area contributed by atoms with E-state index < -0.39 is 29.5 Å². The van der Waals surface area contributed by atoms with Crippen molar-refractivity contribution < 1.29 is 28.7 Å². The van der Waals surface area contributed by atoms with Gasteiger partial charge in [0.15, 0.2) is 0 Å². The van der Waals surface area contributed by atoms with Crippen LogP contribution in [0.25, 0.3) is 33.4 Å². The van der Waals surface area contributed by atoms with Gasteiger partial charge in [0, 0.05) is 97.4 Å². The topological polar surface area (TPSA) is 173 Å². The smallest absolute Gasteiger partial charge is 0.324 e. The Hall–Kier alpha value is -4.74. The van der Waals surface area contributed by atoms with Gasteiger partial charge in [0.2, 0.25) is 11.8 Å². The van der Waals surface area contributed by atoms with Crippen LogP contribution in [0.15, 0.2) is 41.9 Å². The Kier molecular flexibility index (Phi) is 12.4. The molecule has 0 radical (unpaired) electrons. The molecule has 7 atom stereocenters. The highest BCUT2D eigenvalue weighted by molar-refractivity contribution is 7.10. The molecule has 3 N–H and O–H groups in total. The number of ether oxygens (including phenoxy) is 2. The number of hydrogen-bond donors (Lipinski definition) is 3. The van der Waals surface area contributed by atoms with Gasteiger partial charge < -0.3 is 29.6 Å². The van der Waals surface area contributed by atoms with Crippen LogP contribution in [0.5, 0.6) is 0 Å². The van der Waals surface area contributed by atoms with Crippen molar-refractivity contribution in [1.82, 2.24) is 45.4 Å². The van der Waals surface area contributed by atoms with Gasteiger partial charge in [-0.3, -0.25) is 34.1 Å². The molecule has 8 bridgehead atoms. The zero-order valence-electron chi connectivity index (χ0n) is 38.2. The Morgan fingerprint density at radius 3 is 2.56 bits per heavy atom. The van der Waals surface area contributed by atoms with Crippen LogP contribution in [-0.4, -0.2) is 129 Å². The number of hydrogen-bond acceptors (Lipinski definition) is 12. The molecule has 4 aromatic rings. The minimum Gasteiger partial charge on any atom is -0.464 e. The van der Waals surface area contributed by atoms with Crippen molar-refractivity contribution >= 4 is 45.9 Å². The van der Waals surface area contributed by atoms with Crippen molar-refractivity contribution in [2.45, 2.75) is 129 Å². The lowest BCUT2D eigenvalue weighted by Crippen LogP contribution is -2.65. The molecule has 0 saturated carbocycles. The van der Waals surface area contributed by atoms with E-state index in [0.717, 1.165) is 70.6 Å². The summed E-state index contributed by atoms with van der Waals surface area (Å²) in [6, 6.07) is 8.41. The molecule has 3 amide bonds. The number of aromatic nitrogens is 3. The van der Waals surface area contributed by atoms with Gasteiger partial charge in [0.1, 0.15) is 12.1 Å². The summed E-state index contributed by atoms with van der Waals surface area (Å²) in [5.41, 5.74) is 9.58. The quantitative estimate of drug-likeness (QED) is 0.155. The number of benzene rings is 1. The SMILES string of the molecule is CCn1c(-c2cccnc2[C@H](C)OC)c2c3cc(ccc31)-c1csc(n1)C[C@H](NC(=O)[C@H](C(C)C)N1C3CCC1CN(C(=O)[C@@H]1CN1)C3)C(=O)N1CCC[C@H](N1)C(=O)OCC(C)(C)C2. The molecule has 3 aromatic heterocycles. The van der Waals surface area contributed by atoms with Gasteiger partial charge in [-0.1, -0.05) is 33.8 Å². The summed E-state index contributed by atoms with van der Waals surface area (Å²) in [4.78, 5) is 70.7. The molecule has 0 aliphatic carbocycles. The zero-order valence-corrected chi connectivity index (χ0v) is 39.0. The van der Waals surface area contributed by atoms with Crippen molar-refractivity contribution in [1.29, 1.82) is 0 Å². The van der Waals surface area contributed by atoms with Crippen LogP contribution in [0.1, 0.15) is 89.6 Å². The molecule has 15 nitrogen and oxygen atoms in total. The molecule has 5 aliphatic rings. The predicted molar refractivity (Wildman–Crippen MR) is 245 cm³/mol. The molecule has 0 spiro atoms. The number of rotatable bonds is 9. The van der Waals surface area contributed by atoms with Gasteiger partial charge in [-0.2, -0.15) is 0 Å². The summed E-state index contributed by atoms with van der Waals surface area (Å²) in [5.74, 6) is -0.853. The Balaban J connectivity index is 1.08. The number of amides is 3. The van der Waals surface area contributed by atoms with E-state index in [4.69, 9.17) is 19.4 Å². The number of esters is 1. The number of methoxy groups -OCH3 is 1. The summed E-state index contributed by atoms with van der Waals surface area (Å²) in [6.07, 6.45) is 5.28. The van der Waals surface area contributed by atoms with E-state index in [-0.39, 0.29) is 60.9 Å². The van der Waals surface area contributed by atoms with Gasteiger partial charge >= 0.3 is 5.97 Å². The van der Waals surface area contributed by atoms with E-state index in [0.29, 0.717) is 43.9 Å². The van der Waals surface area contributed by atoms with Crippen LogP contribution in [0.3, 0.4) is 0 Å². The fourth-order valence-corrected chi connectivity index (χ4v) is 11.5. The first kappa shape index (κ1) is 44.5. The summed E-state index contributed by atoms with van der Waals surface area (Å²) in [7, 11) is 1.70. The first-order valence-corrected chi connectivity index (χ1v) is 24.0. The number of piperazine rings is 1. The fraction of sp³-hybridized carbons (Fsp3) is 0.583. The van der Waals surface area contributed by atoms with E-state index in [1.54, 1.807) is 13.3 Å². The van der Waals surface area contributed by atoms with E-state index >= 15 is 0 Å². The molecular formula is C48H63N9O6S. The Labute approximate surface area is 379 Å². The molecule has 2 unspecified atom stereocenters. The Bertz CT molecular complexity index is 2410. The molecule has 342 valence electrons. The maximum absolute atomic E-state index is 14.7. The fourth-order valence-electron chi connectivity index (χ4n) is 10.6. The number of likely N-dealkylation sites (tertiary alicyclic amines) is 1. The number of nitrogens with zero attached hydrogens (tertiary/aromatic N) is 6. The number of carbonyl (C=O) groups excluding carboxylic acids is 4. The average molecular weight is 894 g/mol. The van der Waals surface area contributed by atoms with Crippen LogP contribution >= 0.6 is 11.3 Å². The molecule has 4 saturated heterocycles. The van der Waals surface area contributed by atoms with Gasteiger partial charge in [0.25, 0.3) is 5.91 Å². The third-order valence-corrected chi connectivity index (χ3v) is 14.8. The van der Waals surface area contributed by atoms with Crippen LogP contribution < -0.4 is 16.1 Å². The molecule has 8 heterocycles. The maximum Gasteiger partial charge on any atom is 0.324 e. The lowest BCUT2D eigenvalue weighted by atomic mass is 9.84. The second-order valence-corrected chi connectivity index (χ2v) is 20.4. The molecule has 9 rings (SSSR count). The normalized spacial score (nSPS) is 25.8. The van der Waals surface area contributed by atoms with Crippen LogP contribution in [0.2, 0.25) is 0 Å². The van der Waals surface area contributed by atoms with Crippen LogP contribution in [0, 0.1) is 11.3 Å². The van der Waals surface area contributed by atoms with Crippen LogP contribution in [-0.2, 0) is 48.0 Å².